The molecular weight excluding hydrogens is 297 g/mol. The first-order chi connectivity index (χ1) is 10.4. The highest BCUT2D eigenvalue weighted by atomic mass is 19.4. The summed E-state index contributed by atoms with van der Waals surface area (Å²) in [7, 11) is 0. The number of nitrogens with one attached hydrogen (secondary N) is 1. The number of rotatable bonds is 2. The van der Waals surface area contributed by atoms with Crippen molar-refractivity contribution in [2.45, 2.75) is 6.18 Å². The molecule has 1 aromatic heterocycles. The summed E-state index contributed by atoms with van der Waals surface area (Å²) < 4.78 is 38.4. The molecule has 3 rings (SSSR count). The summed E-state index contributed by atoms with van der Waals surface area (Å²) in [6, 6.07) is 9.18. The molecule has 0 aliphatic rings. The lowest BCUT2D eigenvalue weighted by atomic mass is 10.0. The van der Waals surface area contributed by atoms with Crippen molar-refractivity contribution in [1.29, 1.82) is 0 Å². The average Bonchev–Trinajstić information content (AvgIpc) is 2.90. The van der Waals surface area contributed by atoms with Crippen LogP contribution in [0.4, 0.5) is 13.2 Å². The fourth-order valence-electron chi connectivity index (χ4n) is 2.30. The van der Waals surface area contributed by atoms with Crippen LogP contribution in [0.5, 0.6) is 0 Å². The van der Waals surface area contributed by atoms with E-state index in [0.717, 1.165) is 12.1 Å². The average molecular weight is 306 g/mol. The van der Waals surface area contributed by atoms with Gasteiger partial charge in [-0.3, -0.25) is 5.10 Å². The van der Waals surface area contributed by atoms with Crippen LogP contribution in [0.1, 0.15) is 15.9 Å². The molecule has 3 aromatic rings. The maximum atomic E-state index is 12.8. The van der Waals surface area contributed by atoms with Crippen molar-refractivity contribution >= 4 is 16.9 Å². The molecule has 112 valence electrons. The molecule has 0 amide bonds. The Morgan fingerprint density at radius 1 is 1.14 bits per heavy atom. The van der Waals surface area contributed by atoms with E-state index in [0.29, 0.717) is 5.52 Å². The summed E-state index contributed by atoms with van der Waals surface area (Å²) in [5, 5.41) is 16.1. The predicted octanol–water partition coefficient (Wildman–Crippen LogP) is 3.95. The van der Waals surface area contributed by atoms with Gasteiger partial charge in [-0.2, -0.15) is 18.3 Å². The Labute approximate surface area is 122 Å². The fourth-order valence-corrected chi connectivity index (χ4v) is 2.30. The Bertz CT molecular complexity index is 869. The van der Waals surface area contributed by atoms with Crippen LogP contribution < -0.4 is 0 Å². The summed E-state index contributed by atoms with van der Waals surface area (Å²) in [6.45, 7) is 0. The molecule has 0 saturated heterocycles. The number of H-pyrrole nitrogens is 1. The van der Waals surface area contributed by atoms with E-state index >= 15 is 0 Å². The molecular formula is C15H9F3N2O2. The molecule has 22 heavy (non-hydrogen) atoms. The lowest BCUT2D eigenvalue weighted by molar-refractivity contribution is -0.137. The van der Waals surface area contributed by atoms with Crippen molar-refractivity contribution in [2.24, 2.45) is 0 Å². The zero-order valence-corrected chi connectivity index (χ0v) is 11.0. The van der Waals surface area contributed by atoms with Gasteiger partial charge in [0.25, 0.3) is 0 Å². The Kier molecular flexibility index (Phi) is 3.13. The van der Waals surface area contributed by atoms with Crippen molar-refractivity contribution in [1.82, 2.24) is 10.2 Å². The van der Waals surface area contributed by atoms with Crippen molar-refractivity contribution in [3.63, 3.8) is 0 Å². The Balaban J connectivity index is 2.25. The highest BCUT2D eigenvalue weighted by Crippen LogP contribution is 2.34. The summed E-state index contributed by atoms with van der Waals surface area (Å²) >= 11 is 0. The molecule has 0 unspecified atom stereocenters. The first-order valence-electron chi connectivity index (χ1n) is 6.26. The third-order valence-electron chi connectivity index (χ3n) is 3.28. The monoisotopic (exact) mass is 306 g/mol. The van der Waals surface area contributed by atoms with Crippen LogP contribution in [0.25, 0.3) is 22.2 Å². The van der Waals surface area contributed by atoms with Gasteiger partial charge in [-0.1, -0.05) is 18.2 Å². The number of alkyl halides is 3. The summed E-state index contributed by atoms with van der Waals surface area (Å²) in [5.41, 5.74) is 0.00815. The molecule has 1 heterocycles. The summed E-state index contributed by atoms with van der Waals surface area (Å²) in [4.78, 5) is 11.3. The van der Waals surface area contributed by atoms with Crippen molar-refractivity contribution in [3.05, 3.63) is 53.6 Å². The van der Waals surface area contributed by atoms with Gasteiger partial charge >= 0.3 is 12.1 Å². The van der Waals surface area contributed by atoms with Gasteiger partial charge in [-0.15, -0.1) is 0 Å². The van der Waals surface area contributed by atoms with E-state index in [2.05, 4.69) is 10.2 Å². The lowest BCUT2D eigenvalue weighted by Crippen LogP contribution is -2.04. The number of hydrogen-bond donors (Lipinski definition) is 2. The molecule has 2 aromatic carbocycles. The first-order valence-corrected chi connectivity index (χ1v) is 6.26. The minimum absolute atomic E-state index is 0.0151. The lowest BCUT2D eigenvalue weighted by Gasteiger charge is -2.08. The molecule has 0 spiro atoms. The van der Waals surface area contributed by atoms with E-state index in [1.54, 1.807) is 12.1 Å². The normalized spacial score (nSPS) is 11.8. The number of fused-ring (bicyclic) bond motifs is 1. The molecule has 0 fully saturated rings. The number of hydrogen-bond acceptors (Lipinski definition) is 2. The molecule has 0 atom stereocenters. The molecule has 0 aliphatic heterocycles. The van der Waals surface area contributed by atoms with Gasteiger partial charge in [-0.05, 0) is 24.3 Å². The van der Waals surface area contributed by atoms with Crippen LogP contribution in [0.3, 0.4) is 0 Å². The van der Waals surface area contributed by atoms with Crippen LogP contribution in [-0.2, 0) is 6.18 Å². The van der Waals surface area contributed by atoms with Gasteiger partial charge < -0.3 is 5.11 Å². The Hall–Kier alpha value is -2.83. The topological polar surface area (TPSA) is 66.0 Å². The van der Waals surface area contributed by atoms with E-state index in [4.69, 9.17) is 0 Å². The number of carbonyl (C=O) groups is 1. The number of halogens is 3. The maximum Gasteiger partial charge on any atom is 0.416 e. The molecule has 4 nitrogen and oxygen atoms in total. The quantitative estimate of drug-likeness (QED) is 0.753. The number of aromatic carboxylic acids is 1. The molecule has 0 bridgehead atoms. The zero-order chi connectivity index (χ0) is 15.9. The second-order valence-electron chi connectivity index (χ2n) is 4.68. The highest BCUT2D eigenvalue weighted by molar-refractivity contribution is 6.08. The second kappa shape index (κ2) is 4.87. The van der Waals surface area contributed by atoms with Gasteiger partial charge in [0.15, 0.2) is 0 Å². The molecule has 2 N–H and O–H groups in total. The molecule has 0 saturated carbocycles. The van der Waals surface area contributed by atoms with Crippen LogP contribution in [0.15, 0.2) is 42.5 Å². The van der Waals surface area contributed by atoms with E-state index in [1.807, 2.05) is 0 Å². The van der Waals surface area contributed by atoms with Crippen LogP contribution in [0, 0.1) is 0 Å². The Morgan fingerprint density at radius 2 is 1.86 bits per heavy atom. The smallest absolute Gasteiger partial charge is 0.416 e. The Morgan fingerprint density at radius 3 is 2.55 bits per heavy atom. The number of benzene rings is 2. The van der Waals surface area contributed by atoms with Crippen LogP contribution in [0.2, 0.25) is 0 Å². The minimum atomic E-state index is -4.47. The second-order valence-corrected chi connectivity index (χ2v) is 4.68. The van der Waals surface area contributed by atoms with Crippen molar-refractivity contribution in [3.8, 4) is 11.3 Å². The van der Waals surface area contributed by atoms with Gasteiger partial charge in [0.05, 0.1) is 16.6 Å². The van der Waals surface area contributed by atoms with Crippen molar-refractivity contribution < 1.29 is 23.1 Å². The van der Waals surface area contributed by atoms with Gasteiger partial charge in [-0.25, -0.2) is 4.79 Å². The minimum Gasteiger partial charge on any atom is -0.478 e. The number of nitrogens with zero attached hydrogens (tertiary/aromatic N) is 1. The number of carboxylic acids is 1. The number of aromatic amines is 1. The maximum absolute atomic E-state index is 12.8. The number of aromatic nitrogens is 2. The molecule has 0 radical (unpaired) electrons. The van der Waals surface area contributed by atoms with Crippen LogP contribution >= 0.6 is 0 Å². The van der Waals surface area contributed by atoms with Gasteiger partial charge in [0, 0.05) is 10.9 Å². The summed E-state index contributed by atoms with van der Waals surface area (Å²) in [5.74, 6) is -1.17. The SMILES string of the molecule is O=C(O)c1cccc2[nH]nc(-c3cccc(C(F)(F)F)c3)c12. The summed E-state index contributed by atoms with van der Waals surface area (Å²) in [6.07, 6.45) is -4.47. The first kappa shape index (κ1) is 14.1. The fraction of sp³-hybridized carbons (Fsp3) is 0.0667. The van der Waals surface area contributed by atoms with E-state index in [9.17, 15) is 23.1 Å². The van der Waals surface area contributed by atoms with E-state index in [-0.39, 0.29) is 22.2 Å². The third kappa shape index (κ3) is 2.30. The third-order valence-corrected chi connectivity index (χ3v) is 3.28. The standard InChI is InChI=1S/C15H9F3N2O2/c16-15(17,18)9-4-1-3-8(7-9)13-12-10(14(21)22)5-2-6-11(12)19-20-13/h1-7H,(H,19,20)(H,21,22). The largest absolute Gasteiger partial charge is 0.478 e. The molecule has 0 aliphatic carbocycles. The predicted molar refractivity (Wildman–Crippen MR) is 73.5 cm³/mol. The highest BCUT2D eigenvalue weighted by Gasteiger charge is 2.30. The molecule has 7 heteroatoms. The van der Waals surface area contributed by atoms with Gasteiger partial charge in [0.1, 0.15) is 5.69 Å². The number of carboxylic acid groups (broad SMARTS) is 1. The van der Waals surface area contributed by atoms with Gasteiger partial charge in [0.2, 0.25) is 0 Å². The van der Waals surface area contributed by atoms with Crippen molar-refractivity contribution in [2.75, 3.05) is 0 Å². The zero-order valence-electron chi connectivity index (χ0n) is 11.0. The van der Waals surface area contributed by atoms with Crippen LogP contribution in [-0.4, -0.2) is 21.3 Å². The van der Waals surface area contributed by atoms with E-state index in [1.165, 1.54) is 18.2 Å². The van der Waals surface area contributed by atoms with E-state index < -0.39 is 17.7 Å².